The van der Waals surface area contributed by atoms with Crippen LogP contribution in [-0.4, -0.2) is 19.5 Å². The van der Waals surface area contributed by atoms with E-state index in [4.69, 9.17) is 15.0 Å². The molecule has 0 aliphatic rings. The van der Waals surface area contributed by atoms with Gasteiger partial charge >= 0.3 is 0 Å². The summed E-state index contributed by atoms with van der Waals surface area (Å²) in [7, 11) is 0. The maximum Gasteiger partial charge on any atom is 0.238 e. The predicted octanol–water partition coefficient (Wildman–Crippen LogP) is 9.74. The van der Waals surface area contributed by atoms with Crippen molar-refractivity contribution in [3.05, 3.63) is 145 Å². The van der Waals surface area contributed by atoms with Gasteiger partial charge in [-0.25, -0.2) is 4.98 Å². The molecule has 43 heavy (non-hydrogen) atoms. The molecule has 0 saturated carbocycles. The smallest absolute Gasteiger partial charge is 0.238 e. The first-order valence-electron chi connectivity index (χ1n) is 14.6. The van der Waals surface area contributed by atoms with E-state index in [2.05, 4.69) is 115 Å². The minimum Gasteiger partial charge on any atom is -0.277 e. The number of aryl methyl sites for hydroxylation is 2. The van der Waals surface area contributed by atoms with Gasteiger partial charge in [-0.15, -0.1) is 0 Å². The maximum absolute atomic E-state index is 5.16. The summed E-state index contributed by atoms with van der Waals surface area (Å²) in [5, 5.41) is 4.69. The van der Waals surface area contributed by atoms with Crippen LogP contribution in [0.4, 0.5) is 0 Å². The van der Waals surface area contributed by atoms with Crippen LogP contribution in [0, 0.1) is 13.8 Å². The van der Waals surface area contributed by atoms with E-state index in [0.29, 0.717) is 17.6 Å². The Balaban J connectivity index is 1.53. The third-order valence-electron chi connectivity index (χ3n) is 8.32. The lowest BCUT2D eigenvalue weighted by Crippen LogP contribution is -2.06. The Morgan fingerprint density at radius 1 is 0.465 bits per heavy atom. The van der Waals surface area contributed by atoms with Crippen molar-refractivity contribution in [3.8, 4) is 39.9 Å². The number of benzene rings is 6. The Hall–Kier alpha value is -5.61. The van der Waals surface area contributed by atoms with E-state index in [-0.39, 0.29) is 0 Å². The van der Waals surface area contributed by atoms with Gasteiger partial charge in [0, 0.05) is 27.3 Å². The Bertz CT molecular complexity index is 2240. The van der Waals surface area contributed by atoms with Gasteiger partial charge in [0.15, 0.2) is 11.6 Å². The molecule has 0 saturated heterocycles. The summed E-state index contributed by atoms with van der Waals surface area (Å²) >= 11 is 0. The van der Waals surface area contributed by atoms with Gasteiger partial charge in [0.25, 0.3) is 0 Å². The molecule has 0 fully saturated rings. The number of aromatic nitrogens is 4. The molecule has 204 valence electrons. The van der Waals surface area contributed by atoms with Crippen molar-refractivity contribution in [2.75, 3.05) is 0 Å². The van der Waals surface area contributed by atoms with E-state index >= 15 is 0 Å². The van der Waals surface area contributed by atoms with Gasteiger partial charge in [-0.05, 0) is 53.6 Å². The highest BCUT2D eigenvalue weighted by atomic mass is 15.2. The molecule has 0 spiro atoms. The fraction of sp³-hybridized carbons (Fsp3) is 0.0513. The Morgan fingerprint density at radius 2 is 1.09 bits per heavy atom. The highest BCUT2D eigenvalue weighted by molar-refractivity contribution is 6.19. The zero-order valence-corrected chi connectivity index (χ0v) is 24.0. The molecule has 0 aliphatic carbocycles. The molecule has 2 heterocycles. The first kappa shape index (κ1) is 25.1. The summed E-state index contributed by atoms with van der Waals surface area (Å²) in [4.78, 5) is 15.3. The van der Waals surface area contributed by atoms with Crippen molar-refractivity contribution in [2.24, 2.45) is 0 Å². The highest BCUT2D eigenvalue weighted by Crippen LogP contribution is 2.40. The molecule has 0 amide bonds. The lowest BCUT2D eigenvalue weighted by molar-refractivity contribution is 0.955. The average Bonchev–Trinajstić information content (AvgIpc) is 3.39. The zero-order chi connectivity index (χ0) is 28.9. The first-order valence-corrected chi connectivity index (χ1v) is 14.6. The second kappa shape index (κ2) is 10.0. The van der Waals surface area contributed by atoms with E-state index in [1.165, 1.54) is 38.4 Å². The van der Waals surface area contributed by atoms with Crippen molar-refractivity contribution < 1.29 is 0 Å². The molecule has 0 aliphatic heterocycles. The van der Waals surface area contributed by atoms with Crippen LogP contribution in [-0.2, 0) is 0 Å². The average molecular weight is 553 g/mol. The molecule has 0 bridgehead atoms. The number of hydrogen-bond acceptors (Lipinski definition) is 3. The van der Waals surface area contributed by atoms with Crippen LogP contribution in [0.15, 0.2) is 133 Å². The van der Waals surface area contributed by atoms with Gasteiger partial charge in [-0.3, -0.25) is 4.57 Å². The first-order chi connectivity index (χ1) is 21.2. The van der Waals surface area contributed by atoms with Crippen LogP contribution in [0.1, 0.15) is 11.1 Å². The Kier molecular flexibility index (Phi) is 5.86. The van der Waals surface area contributed by atoms with Crippen LogP contribution >= 0.6 is 0 Å². The van der Waals surface area contributed by atoms with Gasteiger partial charge in [0.2, 0.25) is 5.95 Å². The van der Waals surface area contributed by atoms with Crippen molar-refractivity contribution in [1.82, 2.24) is 19.5 Å². The van der Waals surface area contributed by atoms with Crippen molar-refractivity contribution in [2.45, 2.75) is 13.8 Å². The number of nitrogens with zero attached hydrogens (tertiary/aromatic N) is 4. The molecule has 0 N–H and O–H groups in total. The lowest BCUT2D eigenvalue weighted by atomic mass is 9.95. The summed E-state index contributed by atoms with van der Waals surface area (Å²) in [5.41, 5.74) is 8.98. The van der Waals surface area contributed by atoms with Gasteiger partial charge < -0.3 is 0 Å². The minimum atomic E-state index is 0.601. The number of hydrogen-bond donors (Lipinski definition) is 0. The molecule has 4 nitrogen and oxygen atoms in total. The molecule has 8 aromatic rings. The SMILES string of the molecule is Cc1ccccc1-c1cc2c(cc1C)c1ccc3ccccc3c1n2-c1nc(-c2ccccc2)nc(-c2ccccc2)n1. The van der Waals surface area contributed by atoms with Crippen LogP contribution in [0.5, 0.6) is 0 Å². The molecular formula is C39H28N4. The van der Waals surface area contributed by atoms with E-state index < -0.39 is 0 Å². The molecule has 0 radical (unpaired) electrons. The molecule has 0 atom stereocenters. The van der Waals surface area contributed by atoms with Gasteiger partial charge in [-0.2, -0.15) is 9.97 Å². The monoisotopic (exact) mass is 552 g/mol. The van der Waals surface area contributed by atoms with Gasteiger partial charge in [0.05, 0.1) is 11.0 Å². The summed E-state index contributed by atoms with van der Waals surface area (Å²) in [6.45, 7) is 4.38. The topological polar surface area (TPSA) is 43.6 Å². The second-order valence-electron chi connectivity index (χ2n) is 11.0. The van der Waals surface area contributed by atoms with E-state index in [1.54, 1.807) is 0 Å². The van der Waals surface area contributed by atoms with Crippen LogP contribution in [0.25, 0.3) is 72.4 Å². The zero-order valence-electron chi connectivity index (χ0n) is 24.0. The predicted molar refractivity (Wildman–Crippen MR) is 177 cm³/mol. The molecule has 0 unspecified atom stereocenters. The Morgan fingerprint density at radius 3 is 1.79 bits per heavy atom. The molecule has 4 heteroatoms. The molecule has 8 rings (SSSR count). The van der Waals surface area contributed by atoms with Crippen LogP contribution in [0.3, 0.4) is 0 Å². The van der Waals surface area contributed by atoms with Crippen LogP contribution in [0.2, 0.25) is 0 Å². The minimum absolute atomic E-state index is 0.601. The molecule has 2 aromatic heterocycles. The summed E-state index contributed by atoms with van der Waals surface area (Å²) in [5.74, 6) is 1.89. The van der Waals surface area contributed by atoms with Crippen molar-refractivity contribution in [1.29, 1.82) is 0 Å². The van der Waals surface area contributed by atoms with Gasteiger partial charge in [-0.1, -0.05) is 121 Å². The van der Waals surface area contributed by atoms with Crippen molar-refractivity contribution >= 4 is 32.6 Å². The largest absolute Gasteiger partial charge is 0.277 e. The standard InChI is InChI=1S/C39H28N4/c1-25-13-9-11-19-30(25)33-24-35-34(23-26(33)2)32-22-21-27-14-10-12-20-31(27)36(32)43(35)39-41-37(28-15-5-3-6-16-28)40-38(42-39)29-17-7-4-8-18-29/h3-24H,1-2H3. The fourth-order valence-corrected chi connectivity index (χ4v) is 6.20. The lowest BCUT2D eigenvalue weighted by Gasteiger charge is -2.13. The summed E-state index contributed by atoms with van der Waals surface area (Å²) in [6.07, 6.45) is 0. The molecular weight excluding hydrogens is 524 g/mol. The summed E-state index contributed by atoms with van der Waals surface area (Å²) < 4.78 is 2.24. The molecule has 6 aromatic carbocycles. The highest BCUT2D eigenvalue weighted by Gasteiger charge is 2.21. The van der Waals surface area contributed by atoms with E-state index in [1.807, 2.05) is 36.4 Å². The van der Waals surface area contributed by atoms with Crippen molar-refractivity contribution in [3.63, 3.8) is 0 Å². The third-order valence-corrected chi connectivity index (χ3v) is 8.32. The third kappa shape index (κ3) is 4.19. The van der Waals surface area contributed by atoms with Crippen LogP contribution < -0.4 is 0 Å². The number of rotatable bonds is 4. The quantitative estimate of drug-likeness (QED) is 0.218. The fourth-order valence-electron chi connectivity index (χ4n) is 6.20. The van der Waals surface area contributed by atoms with E-state index in [0.717, 1.165) is 27.5 Å². The Labute approximate surface area is 250 Å². The number of fused-ring (bicyclic) bond motifs is 5. The van der Waals surface area contributed by atoms with Gasteiger partial charge in [0.1, 0.15) is 0 Å². The second-order valence-corrected chi connectivity index (χ2v) is 11.0. The maximum atomic E-state index is 5.16. The normalized spacial score (nSPS) is 11.5. The summed E-state index contributed by atoms with van der Waals surface area (Å²) in [6, 6.07) is 46.5. The van der Waals surface area contributed by atoms with E-state index in [9.17, 15) is 0 Å².